The molecule has 0 aromatic rings. The topological polar surface area (TPSA) is 23.9 Å². The molecule has 0 heterocycles. The fourth-order valence-electron chi connectivity index (χ4n) is 0.703. The Morgan fingerprint density at radius 3 is 2.20 bits per heavy atom. The SMILES string of the molecule is CCC(C)(C)CCC(C)=N. The van der Waals surface area contributed by atoms with E-state index >= 15 is 0 Å². The summed E-state index contributed by atoms with van der Waals surface area (Å²) in [6, 6.07) is 0. The zero-order chi connectivity index (χ0) is 8.20. The summed E-state index contributed by atoms with van der Waals surface area (Å²) in [4.78, 5) is 0. The predicted octanol–water partition coefficient (Wildman–Crippen LogP) is 3.24. The average Bonchev–Trinajstić information content (AvgIpc) is 1.85. The second-order valence-corrected chi connectivity index (χ2v) is 3.80. The van der Waals surface area contributed by atoms with Crippen molar-refractivity contribution in [3.05, 3.63) is 0 Å². The van der Waals surface area contributed by atoms with Gasteiger partial charge in [-0.3, -0.25) is 0 Å². The van der Waals surface area contributed by atoms with Gasteiger partial charge in [-0.2, -0.15) is 0 Å². The maximum Gasteiger partial charge on any atom is 0.00584 e. The first-order chi connectivity index (χ1) is 4.48. The van der Waals surface area contributed by atoms with Gasteiger partial charge in [0.15, 0.2) is 0 Å². The van der Waals surface area contributed by atoms with Gasteiger partial charge in [-0.05, 0) is 25.2 Å². The lowest BCUT2D eigenvalue weighted by atomic mass is 9.84. The summed E-state index contributed by atoms with van der Waals surface area (Å²) < 4.78 is 0. The Kier molecular flexibility index (Phi) is 3.62. The minimum absolute atomic E-state index is 0.433. The van der Waals surface area contributed by atoms with Crippen LogP contribution in [-0.2, 0) is 0 Å². The number of nitrogens with one attached hydrogen (secondary N) is 1. The smallest absolute Gasteiger partial charge is 0.00584 e. The first-order valence-corrected chi connectivity index (χ1v) is 4.02. The molecule has 0 aromatic heterocycles. The molecule has 1 N–H and O–H groups in total. The minimum Gasteiger partial charge on any atom is -0.310 e. The van der Waals surface area contributed by atoms with E-state index in [2.05, 4.69) is 20.8 Å². The van der Waals surface area contributed by atoms with Gasteiger partial charge in [-0.25, -0.2) is 0 Å². The van der Waals surface area contributed by atoms with Crippen LogP contribution in [0.2, 0.25) is 0 Å². The standard InChI is InChI=1S/C9H19N/c1-5-9(3,4)7-6-8(2)10/h10H,5-7H2,1-4H3. The van der Waals surface area contributed by atoms with Crippen LogP contribution in [0.3, 0.4) is 0 Å². The van der Waals surface area contributed by atoms with Gasteiger partial charge in [0.2, 0.25) is 0 Å². The van der Waals surface area contributed by atoms with E-state index < -0.39 is 0 Å². The summed E-state index contributed by atoms with van der Waals surface area (Å²) in [5, 5.41) is 7.25. The third-order valence-electron chi connectivity index (χ3n) is 2.13. The van der Waals surface area contributed by atoms with Gasteiger partial charge in [-0.1, -0.05) is 27.2 Å². The van der Waals surface area contributed by atoms with Crippen LogP contribution >= 0.6 is 0 Å². The maximum absolute atomic E-state index is 7.25. The van der Waals surface area contributed by atoms with Crippen LogP contribution in [0.4, 0.5) is 0 Å². The highest BCUT2D eigenvalue weighted by molar-refractivity contribution is 5.78. The molecular weight excluding hydrogens is 122 g/mol. The highest BCUT2D eigenvalue weighted by Gasteiger charge is 2.13. The van der Waals surface area contributed by atoms with E-state index in [4.69, 9.17) is 5.41 Å². The lowest BCUT2D eigenvalue weighted by Gasteiger charge is -2.21. The van der Waals surface area contributed by atoms with Crippen LogP contribution < -0.4 is 0 Å². The van der Waals surface area contributed by atoms with E-state index in [1.54, 1.807) is 0 Å². The molecule has 0 aromatic carbocycles. The van der Waals surface area contributed by atoms with Gasteiger partial charge in [0.1, 0.15) is 0 Å². The van der Waals surface area contributed by atoms with Crippen molar-refractivity contribution >= 4 is 5.71 Å². The summed E-state index contributed by atoms with van der Waals surface area (Å²) in [5.74, 6) is 0. The van der Waals surface area contributed by atoms with Crippen molar-refractivity contribution in [1.29, 1.82) is 5.41 Å². The van der Waals surface area contributed by atoms with Gasteiger partial charge in [0.25, 0.3) is 0 Å². The molecule has 60 valence electrons. The molecule has 0 saturated carbocycles. The first kappa shape index (κ1) is 9.67. The molecule has 10 heavy (non-hydrogen) atoms. The second-order valence-electron chi connectivity index (χ2n) is 3.80. The quantitative estimate of drug-likeness (QED) is 0.581. The van der Waals surface area contributed by atoms with Crippen molar-refractivity contribution in [2.75, 3.05) is 0 Å². The molecule has 0 radical (unpaired) electrons. The molecule has 0 unspecified atom stereocenters. The van der Waals surface area contributed by atoms with Gasteiger partial charge in [0.05, 0.1) is 0 Å². The lowest BCUT2D eigenvalue weighted by Crippen LogP contribution is -2.10. The molecule has 0 amide bonds. The third-order valence-corrected chi connectivity index (χ3v) is 2.13. The van der Waals surface area contributed by atoms with Crippen LogP contribution in [0.25, 0.3) is 0 Å². The number of hydrogen-bond donors (Lipinski definition) is 1. The van der Waals surface area contributed by atoms with Crippen molar-refractivity contribution in [3.63, 3.8) is 0 Å². The van der Waals surface area contributed by atoms with E-state index in [9.17, 15) is 0 Å². The lowest BCUT2D eigenvalue weighted by molar-refractivity contribution is 0.328. The van der Waals surface area contributed by atoms with Crippen LogP contribution in [0.5, 0.6) is 0 Å². The Bertz CT molecular complexity index is 114. The van der Waals surface area contributed by atoms with Crippen LogP contribution in [-0.4, -0.2) is 5.71 Å². The normalized spacial score (nSPS) is 11.6. The van der Waals surface area contributed by atoms with Crippen molar-refractivity contribution < 1.29 is 0 Å². The molecule has 0 aliphatic carbocycles. The Morgan fingerprint density at radius 2 is 1.90 bits per heavy atom. The third kappa shape index (κ3) is 4.54. The Morgan fingerprint density at radius 1 is 1.40 bits per heavy atom. The molecule has 1 nitrogen and oxygen atoms in total. The summed E-state index contributed by atoms with van der Waals surface area (Å²) >= 11 is 0. The molecule has 0 atom stereocenters. The Labute approximate surface area is 64.3 Å². The summed E-state index contributed by atoms with van der Waals surface area (Å²) in [6.45, 7) is 8.61. The van der Waals surface area contributed by atoms with Crippen LogP contribution in [0.15, 0.2) is 0 Å². The molecule has 0 aliphatic rings. The summed E-state index contributed by atoms with van der Waals surface area (Å²) in [6.07, 6.45) is 3.32. The largest absolute Gasteiger partial charge is 0.310 e. The first-order valence-electron chi connectivity index (χ1n) is 4.02. The van der Waals surface area contributed by atoms with Crippen molar-refractivity contribution in [2.24, 2.45) is 5.41 Å². The molecular formula is C9H19N. The summed E-state index contributed by atoms with van der Waals surface area (Å²) in [5.41, 5.74) is 1.24. The molecule has 0 bridgehead atoms. The van der Waals surface area contributed by atoms with E-state index in [0.29, 0.717) is 5.41 Å². The predicted molar refractivity (Wildman–Crippen MR) is 46.7 cm³/mol. The minimum atomic E-state index is 0.433. The van der Waals surface area contributed by atoms with Gasteiger partial charge in [0, 0.05) is 5.71 Å². The number of rotatable bonds is 4. The molecule has 1 heteroatoms. The monoisotopic (exact) mass is 141 g/mol. The van der Waals surface area contributed by atoms with Gasteiger partial charge in [-0.15, -0.1) is 0 Å². The van der Waals surface area contributed by atoms with Gasteiger partial charge >= 0.3 is 0 Å². The Hall–Kier alpha value is -0.330. The molecule has 0 aliphatic heterocycles. The fraction of sp³-hybridized carbons (Fsp3) is 0.889. The number of hydrogen-bond acceptors (Lipinski definition) is 1. The van der Waals surface area contributed by atoms with Crippen molar-refractivity contribution in [1.82, 2.24) is 0 Å². The zero-order valence-corrected chi connectivity index (χ0v) is 7.62. The van der Waals surface area contributed by atoms with E-state index in [1.807, 2.05) is 6.92 Å². The molecule has 0 spiro atoms. The highest BCUT2D eigenvalue weighted by atomic mass is 14.4. The Balaban J connectivity index is 3.56. The molecule has 0 saturated heterocycles. The van der Waals surface area contributed by atoms with Crippen molar-refractivity contribution in [3.8, 4) is 0 Å². The van der Waals surface area contributed by atoms with E-state index in [-0.39, 0.29) is 0 Å². The highest BCUT2D eigenvalue weighted by Crippen LogP contribution is 2.25. The van der Waals surface area contributed by atoms with Gasteiger partial charge < -0.3 is 5.41 Å². The molecule has 0 fully saturated rings. The van der Waals surface area contributed by atoms with Crippen molar-refractivity contribution in [2.45, 2.75) is 47.0 Å². The molecule has 0 rings (SSSR count). The van der Waals surface area contributed by atoms with Crippen LogP contribution in [0.1, 0.15) is 47.0 Å². The summed E-state index contributed by atoms with van der Waals surface area (Å²) in [7, 11) is 0. The van der Waals surface area contributed by atoms with E-state index in [1.165, 1.54) is 6.42 Å². The van der Waals surface area contributed by atoms with Crippen LogP contribution in [0, 0.1) is 10.8 Å². The second kappa shape index (κ2) is 3.75. The average molecular weight is 141 g/mol. The maximum atomic E-state index is 7.25. The van der Waals surface area contributed by atoms with E-state index in [0.717, 1.165) is 18.6 Å². The fourth-order valence-corrected chi connectivity index (χ4v) is 0.703. The zero-order valence-electron chi connectivity index (χ0n) is 7.62.